The first-order valence-electron chi connectivity index (χ1n) is 6.55. The molecule has 2 nitrogen and oxygen atoms in total. The lowest BCUT2D eigenvalue weighted by Crippen LogP contribution is -2.24. The van der Waals surface area contributed by atoms with Gasteiger partial charge in [0.25, 0.3) is 0 Å². The molecule has 2 aromatic carbocycles. The topological polar surface area (TPSA) is 29.1 Å². The molecule has 1 unspecified atom stereocenters. The number of amides is 1. The van der Waals surface area contributed by atoms with E-state index in [1.807, 2.05) is 19.1 Å². The second kappa shape index (κ2) is 7.04. The Labute approximate surface area is 128 Å². The molecule has 0 aliphatic carbocycles. The van der Waals surface area contributed by atoms with Gasteiger partial charge in [0.05, 0.1) is 6.04 Å². The molecule has 0 saturated heterocycles. The van der Waals surface area contributed by atoms with E-state index in [0.29, 0.717) is 10.6 Å². The highest BCUT2D eigenvalue weighted by Gasteiger charge is 2.07. The number of benzene rings is 2. The van der Waals surface area contributed by atoms with Crippen LogP contribution in [0.3, 0.4) is 0 Å². The fraction of sp³-hybridized carbons (Fsp3) is 0.118. The van der Waals surface area contributed by atoms with E-state index in [2.05, 4.69) is 5.32 Å². The molecule has 108 valence electrons. The van der Waals surface area contributed by atoms with E-state index in [9.17, 15) is 9.18 Å². The van der Waals surface area contributed by atoms with E-state index in [1.54, 1.807) is 30.3 Å². The Bertz CT molecular complexity index is 669. The van der Waals surface area contributed by atoms with Crippen molar-refractivity contribution in [3.05, 3.63) is 76.6 Å². The van der Waals surface area contributed by atoms with Gasteiger partial charge in [0.1, 0.15) is 5.82 Å². The van der Waals surface area contributed by atoms with Gasteiger partial charge in [0.15, 0.2) is 0 Å². The highest BCUT2D eigenvalue weighted by molar-refractivity contribution is 6.30. The van der Waals surface area contributed by atoms with Crippen molar-refractivity contribution >= 4 is 23.6 Å². The largest absolute Gasteiger partial charge is 0.346 e. The lowest BCUT2D eigenvalue weighted by atomic mass is 10.1. The summed E-state index contributed by atoms with van der Waals surface area (Å²) in [7, 11) is 0. The minimum atomic E-state index is -0.357. The van der Waals surface area contributed by atoms with Gasteiger partial charge in [0.2, 0.25) is 5.91 Å². The normalized spacial score (nSPS) is 12.3. The average Bonchev–Trinajstić information content (AvgIpc) is 2.46. The van der Waals surface area contributed by atoms with Crippen LogP contribution in [-0.4, -0.2) is 5.91 Å². The number of hydrogen-bond acceptors (Lipinski definition) is 1. The summed E-state index contributed by atoms with van der Waals surface area (Å²) in [6.45, 7) is 1.86. The van der Waals surface area contributed by atoms with E-state index in [4.69, 9.17) is 11.6 Å². The van der Waals surface area contributed by atoms with Gasteiger partial charge in [-0.25, -0.2) is 4.39 Å². The van der Waals surface area contributed by atoms with Crippen LogP contribution in [0.2, 0.25) is 5.02 Å². The van der Waals surface area contributed by atoms with E-state index < -0.39 is 0 Å². The van der Waals surface area contributed by atoms with E-state index >= 15 is 0 Å². The third kappa shape index (κ3) is 4.43. The van der Waals surface area contributed by atoms with E-state index in [0.717, 1.165) is 5.56 Å². The molecule has 0 aliphatic rings. The maximum Gasteiger partial charge on any atom is 0.244 e. The summed E-state index contributed by atoms with van der Waals surface area (Å²) in [5.41, 5.74) is 1.29. The van der Waals surface area contributed by atoms with Gasteiger partial charge in [-0.1, -0.05) is 41.9 Å². The monoisotopic (exact) mass is 303 g/mol. The Kier molecular flexibility index (Phi) is 5.12. The van der Waals surface area contributed by atoms with Crippen LogP contribution in [-0.2, 0) is 4.79 Å². The molecule has 0 aromatic heterocycles. The maximum atomic E-state index is 13.4. The molecule has 4 heteroatoms. The Morgan fingerprint density at radius 1 is 1.24 bits per heavy atom. The lowest BCUT2D eigenvalue weighted by molar-refractivity contribution is -0.117. The van der Waals surface area contributed by atoms with Crippen molar-refractivity contribution in [1.82, 2.24) is 5.32 Å². The van der Waals surface area contributed by atoms with Crippen LogP contribution < -0.4 is 5.32 Å². The van der Waals surface area contributed by atoms with Crippen molar-refractivity contribution in [3.8, 4) is 0 Å². The van der Waals surface area contributed by atoms with Gasteiger partial charge in [-0.05, 0) is 36.8 Å². The molecule has 0 heterocycles. The molecule has 0 radical (unpaired) electrons. The molecule has 0 saturated carbocycles. The summed E-state index contributed by atoms with van der Waals surface area (Å²) in [5.74, 6) is -0.643. The SMILES string of the molecule is CC(NC(=O)/C=C/c1ccccc1F)c1cccc(Cl)c1. The Hall–Kier alpha value is -2.13. The second-order valence-electron chi connectivity index (χ2n) is 4.64. The van der Waals surface area contributed by atoms with Crippen molar-refractivity contribution in [2.75, 3.05) is 0 Å². The number of hydrogen-bond donors (Lipinski definition) is 1. The van der Waals surface area contributed by atoms with Crippen LogP contribution in [0.1, 0.15) is 24.1 Å². The van der Waals surface area contributed by atoms with Gasteiger partial charge in [-0.15, -0.1) is 0 Å². The third-order valence-corrected chi connectivity index (χ3v) is 3.26. The molecule has 21 heavy (non-hydrogen) atoms. The molecular weight excluding hydrogens is 289 g/mol. The van der Waals surface area contributed by atoms with Crippen LogP contribution >= 0.6 is 11.6 Å². The van der Waals surface area contributed by atoms with Gasteiger partial charge in [-0.3, -0.25) is 4.79 Å². The molecule has 1 amide bonds. The molecule has 2 aromatic rings. The van der Waals surface area contributed by atoms with Crippen molar-refractivity contribution in [2.45, 2.75) is 13.0 Å². The summed E-state index contributed by atoms with van der Waals surface area (Å²) in [6, 6.07) is 13.4. The Morgan fingerprint density at radius 2 is 2.00 bits per heavy atom. The molecule has 0 aliphatic heterocycles. The first kappa shape index (κ1) is 15.3. The minimum Gasteiger partial charge on any atom is -0.346 e. The van der Waals surface area contributed by atoms with Gasteiger partial charge >= 0.3 is 0 Å². The first-order valence-corrected chi connectivity index (χ1v) is 6.92. The van der Waals surface area contributed by atoms with Crippen LogP contribution in [0.4, 0.5) is 4.39 Å². The zero-order valence-electron chi connectivity index (χ0n) is 11.5. The fourth-order valence-electron chi connectivity index (χ4n) is 1.90. The summed E-state index contributed by atoms with van der Waals surface area (Å²) in [4.78, 5) is 11.8. The zero-order valence-corrected chi connectivity index (χ0v) is 12.3. The van der Waals surface area contributed by atoms with Crippen molar-refractivity contribution in [1.29, 1.82) is 0 Å². The van der Waals surface area contributed by atoms with Gasteiger partial charge < -0.3 is 5.32 Å². The third-order valence-electron chi connectivity index (χ3n) is 3.03. The fourth-order valence-corrected chi connectivity index (χ4v) is 2.10. The van der Waals surface area contributed by atoms with E-state index in [-0.39, 0.29) is 17.8 Å². The second-order valence-corrected chi connectivity index (χ2v) is 5.08. The highest BCUT2D eigenvalue weighted by atomic mass is 35.5. The molecule has 1 atom stereocenters. The van der Waals surface area contributed by atoms with Crippen molar-refractivity contribution < 1.29 is 9.18 Å². The summed E-state index contributed by atoms with van der Waals surface area (Å²) in [5, 5.41) is 3.43. The number of carbonyl (C=O) groups excluding carboxylic acids is 1. The zero-order chi connectivity index (χ0) is 15.2. The van der Waals surface area contributed by atoms with Gasteiger partial charge in [0, 0.05) is 16.7 Å². The Balaban J connectivity index is 2.00. The molecule has 2 rings (SSSR count). The summed E-state index contributed by atoms with van der Waals surface area (Å²) >= 11 is 5.92. The molecule has 0 fully saturated rings. The highest BCUT2D eigenvalue weighted by Crippen LogP contribution is 2.17. The standard InChI is InChI=1S/C17H15ClFNO/c1-12(14-6-4-7-15(18)11-14)20-17(21)10-9-13-5-2-3-8-16(13)19/h2-12H,1H3,(H,20,21)/b10-9+. The van der Waals surface area contributed by atoms with Crippen molar-refractivity contribution in [2.24, 2.45) is 0 Å². The maximum absolute atomic E-state index is 13.4. The minimum absolute atomic E-state index is 0.179. The first-order chi connectivity index (χ1) is 10.1. The molecule has 1 N–H and O–H groups in total. The molecular formula is C17H15ClFNO. The molecule has 0 bridgehead atoms. The summed E-state index contributed by atoms with van der Waals surface area (Å²) < 4.78 is 13.4. The smallest absolute Gasteiger partial charge is 0.244 e. The number of carbonyl (C=O) groups is 1. The van der Waals surface area contributed by atoms with Crippen LogP contribution in [0.25, 0.3) is 6.08 Å². The number of halogens is 2. The Morgan fingerprint density at radius 3 is 2.71 bits per heavy atom. The van der Waals surface area contributed by atoms with Gasteiger partial charge in [-0.2, -0.15) is 0 Å². The number of nitrogens with one attached hydrogen (secondary N) is 1. The van der Waals surface area contributed by atoms with E-state index in [1.165, 1.54) is 18.2 Å². The quantitative estimate of drug-likeness (QED) is 0.835. The van der Waals surface area contributed by atoms with Crippen LogP contribution in [0.15, 0.2) is 54.6 Å². The average molecular weight is 304 g/mol. The van der Waals surface area contributed by atoms with Crippen LogP contribution in [0, 0.1) is 5.82 Å². The predicted molar refractivity (Wildman–Crippen MR) is 83.4 cm³/mol. The summed E-state index contributed by atoms with van der Waals surface area (Å²) in [6.07, 6.45) is 2.77. The van der Waals surface area contributed by atoms with Crippen LogP contribution in [0.5, 0.6) is 0 Å². The number of rotatable bonds is 4. The lowest BCUT2D eigenvalue weighted by Gasteiger charge is -2.13. The molecule has 0 spiro atoms. The van der Waals surface area contributed by atoms with Crippen molar-refractivity contribution in [3.63, 3.8) is 0 Å². The predicted octanol–water partition coefficient (Wildman–Crippen LogP) is 4.37.